The van der Waals surface area contributed by atoms with E-state index in [1.54, 1.807) is 73.7 Å². The molecule has 7 heteroatoms. The van der Waals surface area contributed by atoms with Crippen LogP contribution in [-0.2, 0) is 11.4 Å². The normalized spacial score (nSPS) is 14.4. The summed E-state index contributed by atoms with van der Waals surface area (Å²) in [4.78, 5) is 25.5. The molecule has 33 heavy (non-hydrogen) atoms. The van der Waals surface area contributed by atoms with Gasteiger partial charge in [-0.05, 0) is 60.5 Å². The Balaban J connectivity index is 1.53. The summed E-state index contributed by atoms with van der Waals surface area (Å²) in [6, 6.07) is 19.9. The van der Waals surface area contributed by atoms with Gasteiger partial charge in [-0.25, -0.2) is 4.39 Å². The molecule has 3 aromatic carbocycles. The highest BCUT2D eigenvalue weighted by atomic mass is 19.1. The SMILES string of the molecule is COc1cc(/C=C2/C(=O)N(C(=O)c3ccccc3)N=C2C)ccc1OCc1cccc(F)c1. The van der Waals surface area contributed by atoms with Crippen molar-refractivity contribution < 1.29 is 23.5 Å². The topological polar surface area (TPSA) is 68.2 Å². The van der Waals surface area contributed by atoms with Gasteiger partial charge in [-0.3, -0.25) is 9.59 Å². The van der Waals surface area contributed by atoms with Gasteiger partial charge in [-0.1, -0.05) is 36.4 Å². The van der Waals surface area contributed by atoms with Crippen molar-refractivity contribution in [2.24, 2.45) is 5.10 Å². The Morgan fingerprint density at radius 1 is 1.03 bits per heavy atom. The summed E-state index contributed by atoms with van der Waals surface area (Å²) in [7, 11) is 1.51. The fourth-order valence-corrected chi connectivity index (χ4v) is 3.37. The van der Waals surface area contributed by atoms with E-state index < -0.39 is 11.8 Å². The summed E-state index contributed by atoms with van der Waals surface area (Å²) < 4.78 is 24.6. The Kier molecular flexibility index (Phi) is 6.31. The number of benzene rings is 3. The van der Waals surface area contributed by atoms with E-state index in [2.05, 4.69) is 5.10 Å². The number of hydrogen-bond donors (Lipinski definition) is 0. The molecular formula is C26H21FN2O4. The summed E-state index contributed by atoms with van der Waals surface area (Å²) in [6.07, 6.45) is 1.65. The monoisotopic (exact) mass is 444 g/mol. The van der Waals surface area contributed by atoms with E-state index in [1.165, 1.54) is 19.2 Å². The number of methoxy groups -OCH3 is 1. The molecule has 3 aromatic rings. The Labute approximate surface area is 190 Å². The molecule has 0 bridgehead atoms. The summed E-state index contributed by atoms with van der Waals surface area (Å²) in [6.45, 7) is 1.85. The molecule has 1 aliphatic heterocycles. The molecule has 0 radical (unpaired) electrons. The van der Waals surface area contributed by atoms with E-state index in [9.17, 15) is 14.0 Å². The first-order chi connectivity index (χ1) is 16.0. The largest absolute Gasteiger partial charge is 0.493 e. The fourth-order valence-electron chi connectivity index (χ4n) is 3.37. The maximum atomic E-state index is 13.4. The zero-order valence-corrected chi connectivity index (χ0v) is 18.1. The smallest absolute Gasteiger partial charge is 0.283 e. The van der Waals surface area contributed by atoms with Gasteiger partial charge in [0.05, 0.1) is 18.4 Å². The number of amides is 2. The molecule has 4 rings (SSSR count). The van der Waals surface area contributed by atoms with Crippen molar-refractivity contribution >= 4 is 23.6 Å². The van der Waals surface area contributed by atoms with Crippen molar-refractivity contribution in [3.05, 3.63) is 101 Å². The maximum Gasteiger partial charge on any atom is 0.283 e. The molecular weight excluding hydrogens is 423 g/mol. The van der Waals surface area contributed by atoms with Crippen LogP contribution < -0.4 is 9.47 Å². The van der Waals surface area contributed by atoms with Crippen LogP contribution in [0.15, 0.2) is 83.5 Å². The minimum atomic E-state index is -0.494. The number of rotatable bonds is 6. The molecule has 0 N–H and O–H groups in total. The molecule has 0 spiro atoms. The molecule has 0 saturated heterocycles. The summed E-state index contributed by atoms with van der Waals surface area (Å²) in [5.74, 6) is -0.372. The van der Waals surface area contributed by atoms with Gasteiger partial charge in [-0.15, -0.1) is 0 Å². The van der Waals surface area contributed by atoms with Crippen LogP contribution in [-0.4, -0.2) is 29.6 Å². The molecule has 0 aromatic heterocycles. The van der Waals surface area contributed by atoms with Crippen LogP contribution in [0.3, 0.4) is 0 Å². The number of nitrogens with zero attached hydrogens (tertiary/aromatic N) is 2. The second-order valence-corrected chi connectivity index (χ2v) is 7.36. The molecule has 166 valence electrons. The van der Waals surface area contributed by atoms with Gasteiger partial charge in [-0.2, -0.15) is 10.1 Å². The number of hydrazone groups is 1. The van der Waals surface area contributed by atoms with Gasteiger partial charge in [0, 0.05) is 5.56 Å². The third-order valence-corrected chi connectivity index (χ3v) is 5.06. The summed E-state index contributed by atoms with van der Waals surface area (Å²) in [5, 5.41) is 5.03. The van der Waals surface area contributed by atoms with Gasteiger partial charge in [0.1, 0.15) is 12.4 Å². The second kappa shape index (κ2) is 9.48. The van der Waals surface area contributed by atoms with Crippen molar-refractivity contribution in [3.63, 3.8) is 0 Å². The van der Waals surface area contributed by atoms with Gasteiger partial charge in [0.15, 0.2) is 11.5 Å². The number of halogens is 1. The molecule has 0 saturated carbocycles. The lowest BCUT2D eigenvalue weighted by Gasteiger charge is -2.12. The minimum Gasteiger partial charge on any atom is -0.493 e. The van der Waals surface area contributed by atoms with Crippen LogP contribution in [0.2, 0.25) is 0 Å². The second-order valence-electron chi connectivity index (χ2n) is 7.36. The lowest BCUT2D eigenvalue weighted by molar-refractivity contribution is -0.123. The van der Waals surface area contributed by atoms with Gasteiger partial charge >= 0.3 is 0 Å². The van der Waals surface area contributed by atoms with Crippen molar-refractivity contribution in [1.29, 1.82) is 0 Å². The van der Waals surface area contributed by atoms with Crippen LogP contribution >= 0.6 is 0 Å². The standard InChI is InChI=1S/C26H21FN2O4/c1-17-22(26(31)29(28-17)25(30)20-8-4-3-5-9-20)14-18-11-12-23(24(15-18)32-2)33-16-19-7-6-10-21(27)13-19/h3-15H,16H2,1-2H3/b22-14+. The highest BCUT2D eigenvalue weighted by Crippen LogP contribution is 2.30. The average molecular weight is 444 g/mol. The van der Waals surface area contributed by atoms with Crippen molar-refractivity contribution in [2.45, 2.75) is 13.5 Å². The molecule has 0 fully saturated rings. The average Bonchev–Trinajstić information content (AvgIpc) is 3.11. The first-order valence-electron chi connectivity index (χ1n) is 10.2. The Hall–Kier alpha value is -4.26. The van der Waals surface area contributed by atoms with E-state index in [4.69, 9.17) is 9.47 Å². The van der Waals surface area contributed by atoms with E-state index in [1.807, 2.05) is 0 Å². The van der Waals surface area contributed by atoms with Crippen LogP contribution in [0.1, 0.15) is 28.4 Å². The van der Waals surface area contributed by atoms with E-state index in [0.29, 0.717) is 39.5 Å². The third kappa shape index (κ3) is 4.82. The summed E-state index contributed by atoms with van der Waals surface area (Å²) in [5.41, 5.74) is 2.50. The molecule has 0 unspecified atom stereocenters. The number of imide groups is 1. The quantitative estimate of drug-likeness (QED) is 0.402. The predicted molar refractivity (Wildman–Crippen MR) is 122 cm³/mol. The highest BCUT2D eigenvalue weighted by Gasteiger charge is 2.32. The highest BCUT2D eigenvalue weighted by molar-refractivity contribution is 6.30. The summed E-state index contributed by atoms with van der Waals surface area (Å²) >= 11 is 0. The van der Waals surface area contributed by atoms with Crippen LogP contribution in [0.4, 0.5) is 4.39 Å². The molecule has 2 amide bonds. The minimum absolute atomic E-state index is 0.176. The molecule has 1 heterocycles. The first-order valence-corrected chi connectivity index (χ1v) is 10.2. The van der Waals surface area contributed by atoms with Crippen LogP contribution in [0.25, 0.3) is 6.08 Å². The number of carbonyl (C=O) groups excluding carboxylic acids is 2. The number of ether oxygens (including phenoxy) is 2. The van der Waals surface area contributed by atoms with E-state index >= 15 is 0 Å². The van der Waals surface area contributed by atoms with Crippen molar-refractivity contribution in [2.75, 3.05) is 7.11 Å². The van der Waals surface area contributed by atoms with E-state index in [0.717, 1.165) is 5.01 Å². The Morgan fingerprint density at radius 2 is 1.82 bits per heavy atom. The molecule has 0 aliphatic carbocycles. The van der Waals surface area contributed by atoms with Crippen LogP contribution in [0.5, 0.6) is 11.5 Å². The number of hydrogen-bond acceptors (Lipinski definition) is 5. The zero-order valence-electron chi connectivity index (χ0n) is 18.1. The Bertz CT molecular complexity index is 1270. The number of carbonyl (C=O) groups is 2. The Morgan fingerprint density at radius 3 is 2.55 bits per heavy atom. The predicted octanol–water partition coefficient (Wildman–Crippen LogP) is 4.86. The van der Waals surface area contributed by atoms with Gasteiger partial charge in [0.2, 0.25) is 0 Å². The molecule has 6 nitrogen and oxygen atoms in total. The van der Waals surface area contributed by atoms with Crippen molar-refractivity contribution in [3.8, 4) is 11.5 Å². The lowest BCUT2D eigenvalue weighted by Crippen LogP contribution is -2.29. The molecule has 1 aliphatic rings. The van der Waals surface area contributed by atoms with Crippen LogP contribution in [0, 0.1) is 5.82 Å². The van der Waals surface area contributed by atoms with Crippen molar-refractivity contribution in [1.82, 2.24) is 5.01 Å². The lowest BCUT2D eigenvalue weighted by atomic mass is 10.1. The first kappa shape index (κ1) is 22.0. The van der Waals surface area contributed by atoms with E-state index in [-0.39, 0.29) is 12.4 Å². The maximum absolute atomic E-state index is 13.4. The third-order valence-electron chi connectivity index (χ3n) is 5.06. The zero-order chi connectivity index (χ0) is 23.4. The molecule has 0 atom stereocenters. The van der Waals surface area contributed by atoms with Gasteiger partial charge in [0.25, 0.3) is 11.8 Å². The fraction of sp³-hybridized carbons (Fsp3) is 0.115. The van der Waals surface area contributed by atoms with Gasteiger partial charge < -0.3 is 9.47 Å².